The molecule has 3 aliphatic rings. The smallest absolute Gasteiger partial charge is 0.225 e. The summed E-state index contributed by atoms with van der Waals surface area (Å²) in [6.07, 6.45) is 4.68. The Balaban J connectivity index is 1.40. The maximum atomic E-state index is 12.7. The van der Waals surface area contributed by atoms with Crippen molar-refractivity contribution in [3.8, 4) is 0 Å². The topological polar surface area (TPSA) is 70.1 Å². The van der Waals surface area contributed by atoms with E-state index >= 15 is 0 Å². The minimum Gasteiger partial charge on any atom is -0.342 e. The van der Waals surface area contributed by atoms with Crippen LogP contribution < -0.4 is 0 Å². The first-order valence-electron chi connectivity index (χ1n) is 8.97. The molecule has 25 heavy (non-hydrogen) atoms. The van der Waals surface area contributed by atoms with Crippen molar-refractivity contribution in [3.63, 3.8) is 0 Å². The zero-order chi connectivity index (χ0) is 17.9. The van der Waals surface area contributed by atoms with Crippen molar-refractivity contribution in [3.05, 3.63) is 0 Å². The Morgan fingerprint density at radius 3 is 2.44 bits per heavy atom. The highest BCUT2D eigenvalue weighted by Crippen LogP contribution is 2.29. The molecule has 0 bridgehead atoms. The first kappa shape index (κ1) is 19.5. The average molecular weight is 406 g/mol. The van der Waals surface area contributed by atoms with Crippen molar-refractivity contribution in [1.82, 2.24) is 9.21 Å². The molecule has 0 spiro atoms. The van der Waals surface area contributed by atoms with Crippen LogP contribution in [0.4, 0.5) is 0 Å². The number of piperidine rings is 2. The first-order valence-corrected chi connectivity index (χ1v) is 12.8. The van der Waals surface area contributed by atoms with Crippen LogP contribution in [0, 0.1) is 11.8 Å². The normalized spacial score (nSPS) is 24.5. The Hall–Kier alpha value is -0.250. The van der Waals surface area contributed by atoms with Gasteiger partial charge < -0.3 is 4.90 Å². The Kier molecular flexibility index (Phi) is 6.73. The maximum Gasteiger partial charge on any atom is 0.225 e. The van der Waals surface area contributed by atoms with Gasteiger partial charge in [0.2, 0.25) is 15.9 Å². The molecule has 6 nitrogen and oxygen atoms in total. The molecule has 3 rings (SSSR count). The molecular weight excluding hydrogens is 378 g/mol. The van der Waals surface area contributed by atoms with Crippen molar-refractivity contribution in [2.45, 2.75) is 25.7 Å². The molecule has 0 N–H and O–H groups in total. The van der Waals surface area contributed by atoms with E-state index in [1.54, 1.807) is 0 Å². The molecule has 2 saturated heterocycles. The average Bonchev–Trinajstić information content (AvgIpc) is 3.13. The van der Waals surface area contributed by atoms with E-state index in [9.17, 15) is 13.2 Å². The Labute approximate surface area is 159 Å². The predicted molar refractivity (Wildman–Crippen MR) is 106 cm³/mol. The molecule has 0 atom stereocenters. The van der Waals surface area contributed by atoms with Gasteiger partial charge in [0.05, 0.1) is 12.8 Å². The molecule has 0 unspecified atom stereocenters. The van der Waals surface area contributed by atoms with Crippen molar-refractivity contribution in [1.29, 1.82) is 0 Å². The van der Waals surface area contributed by atoms with Gasteiger partial charge in [-0.05, 0) is 31.6 Å². The van der Waals surface area contributed by atoms with Crippen molar-refractivity contribution < 1.29 is 13.2 Å². The second-order valence-corrected chi connectivity index (χ2v) is 11.3. The summed E-state index contributed by atoms with van der Waals surface area (Å²) in [6.45, 7) is 3.59. The predicted octanol–water partition coefficient (Wildman–Crippen LogP) is 1.73. The molecule has 0 aliphatic carbocycles. The van der Waals surface area contributed by atoms with Gasteiger partial charge in [-0.1, -0.05) is 23.5 Å². The number of amides is 1. The molecule has 9 heteroatoms. The largest absolute Gasteiger partial charge is 0.342 e. The highest BCUT2D eigenvalue weighted by molar-refractivity contribution is 8.39. The summed E-state index contributed by atoms with van der Waals surface area (Å²) in [4.78, 5) is 19.2. The van der Waals surface area contributed by atoms with E-state index in [1.165, 1.54) is 14.9 Å². The Morgan fingerprint density at radius 2 is 1.88 bits per heavy atom. The number of hydrogen-bond donors (Lipinski definition) is 0. The van der Waals surface area contributed by atoms with Crippen molar-refractivity contribution in [2.75, 3.05) is 50.5 Å². The molecule has 0 aromatic rings. The summed E-state index contributed by atoms with van der Waals surface area (Å²) in [5, 5.41) is 0. The van der Waals surface area contributed by atoms with Crippen LogP contribution in [0.3, 0.4) is 0 Å². The number of rotatable bonds is 4. The molecule has 142 valence electrons. The molecule has 1 amide bonds. The fourth-order valence-electron chi connectivity index (χ4n) is 3.60. The SMILES string of the molecule is CS(=O)(=O)N1CCC(C(=O)N2CCC(CSC3=NCCS3)CC2)CC1. The van der Waals surface area contributed by atoms with Crippen LogP contribution in [0.25, 0.3) is 0 Å². The minimum absolute atomic E-state index is 0.00632. The van der Waals surface area contributed by atoms with Crippen LogP contribution in [0.2, 0.25) is 0 Å². The number of thioether (sulfide) groups is 2. The number of carbonyl (C=O) groups excluding carboxylic acids is 1. The lowest BCUT2D eigenvalue weighted by atomic mass is 9.93. The van der Waals surface area contributed by atoms with E-state index in [4.69, 9.17) is 0 Å². The quantitative estimate of drug-likeness (QED) is 0.712. The lowest BCUT2D eigenvalue weighted by Gasteiger charge is -2.36. The highest BCUT2D eigenvalue weighted by atomic mass is 32.2. The third kappa shape index (κ3) is 5.37. The van der Waals surface area contributed by atoms with Gasteiger partial charge in [-0.2, -0.15) is 0 Å². The Morgan fingerprint density at radius 1 is 1.20 bits per heavy atom. The summed E-state index contributed by atoms with van der Waals surface area (Å²) >= 11 is 3.74. The number of nitrogens with zero attached hydrogens (tertiary/aromatic N) is 3. The lowest BCUT2D eigenvalue weighted by Crippen LogP contribution is -2.46. The molecule has 0 aromatic carbocycles. The van der Waals surface area contributed by atoms with Gasteiger partial charge in [0.1, 0.15) is 4.38 Å². The van der Waals surface area contributed by atoms with E-state index in [0.717, 1.165) is 44.0 Å². The van der Waals surface area contributed by atoms with Crippen LogP contribution in [0.15, 0.2) is 4.99 Å². The van der Waals surface area contributed by atoms with Crippen molar-refractivity contribution in [2.24, 2.45) is 16.8 Å². The third-order valence-electron chi connectivity index (χ3n) is 5.20. The van der Waals surface area contributed by atoms with Crippen LogP contribution in [-0.2, 0) is 14.8 Å². The highest BCUT2D eigenvalue weighted by Gasteiger charge is 2.33. The van der Waals surface area contributed by atoms with Gasteiger partial charge in [-0.3, -0.25) is 9.79 Å². The monoisotopic (exact) mass is 405 g/mol. The molecular formula is C16H27N3O3S3. The summed E-state index contributed by atoms with van der Waals surface area (Å²) in [7, 11) is -3.13. The fraction of sp³-hybridized carbons (Fsp3) is 0.875. The minimum atomic E-state index is -3.13. The molecule has 3 aliphatic heterocycles. The van der Waals surface area contributed by atoms with Crippen LogP contribution in [-0.4, -0.2) is 78.4 Å². The third-order valence-corrected chi connectivity index (χ3v) is 8.99. The first-order chi connectivity index (χ1) is 11.9. The fourth-order valence-corrected chi connectivity index (χ4v) is 6.70. The number of hydrogen-bond acceptors (Lipinski definition) is 6. The summed E-state index contributed by atoms with van der Waals surface area (Å²) in [6, 6.07) is 0. The van der Waals surface area contributed by atoms with E-state index < -0.39 is 10.0 Å². The van der Waals surface area contributed by atoms with E-state index in [1.807, 2.05) is 28.4 Å². The second kappa shape index (κ2) is 8.63. The number of likely N-dealkylation sites (tertiary alicyclic amines) is 1. The number of sulfonamides is 1. The zero-order valence-corrected chi connectivity index (χ0v) is 17.2. The zero-order valence-electron chi connectivity index (χ0n) is 14.7. The van der Waals surface area contributed by atoms with Gasteiger partial charge in [0, 0.05) is 43.6 Å². The van der Waals surface area contributed by atoms with Gasteiger partial charge >= 0.3 is 0 Å². The molecule has 3 heterocycles. The second-order valence-electron chi connectivity index (χ2n) is 7.01. The van der Waals surface area contributed by atoms with Gasteiger partial charge in [0.15, 0.2) is 0 Å². The molecule has 2 fully saturated rings. The van der Waals surface area contributed by atoms with E-state index in [-0.39, 0.29) is 11.8 Å². The summed E-state index contributed by atoms with van der Waals surface area (Å²) in [5.41, 5.74) is 0. The standard InChI is InChI=1S/C16H27N3O3S3/c1-25(21,22)19-9-4-14(5-10-19)15(20)18-7-2-13(3-8-18)12-24-16-17-6-11-23-16/h13-14H,2-12H2,1H3. The molecule has 0 saturated carbocycles. The van der Waals surface area contributed by atoms with Gasteiger partial charge in [-0.15, -0.1) is 0 Å². The van der Waals surface area contributed by atoms with Crippen LogP contribution in [0.1, 0.15) is 25.7 Å². The maximum absolute atomic E-state index is 12.7. The van der Waals surface area contributed by atoms with Gasteiger partial charge in [-0.25, -0.2) is 12.7 Å². The Bertz CT molecular complexity index is 607. The molecule has 0 aromatic heterocycles. The van der Waals surface area contributed by atoms with Crippen LogP contribution >= 0.6 is 23.5 Å². The number of aliphatic imine (C=N–C) groups is 1. The summed E-state index contributed by atoms with van der Waals surface area (Å²) in [5.74, 6) is 3.13. The molecule has 0 radical (unpaired) electrons. The van der Waals surface area contributed by atoms with Crippen molar-refractivity contribution >= 4 is 43.8 Å². The lowest BCUT2D eigenvalue weighted by molar-refractivity contribution is -0.138. The summed E-state index contributed by atoms with van der Waals surface area (Å²) < 4.78 is 25.9. The van der Waals surface area contributed by atoms with E-state index in [2.05, 4.69) is 4.99 Å². The van der Waals surface area contributed by atoms with E-state index in [0.29, 0.717) is 31.8 Å². The number of carbonyl (C=O) groups is 1. The van der Waals surface area contributed by atoms with Crippen LogP contribution in [0.5, 0.6) is 0 Å². The van der Waals surface area contributed by atoms with Gasteiger partial charge in [0.25, 0.3) is 0 Å².